The molecule has 2 atom stereocenters. The molecule has 10 fully saturated rings. The number of ether oxygens (including phenoxy) is 2. The van der Waals surface area contributed by atoms with Crippen molar-refractivity contribution in [2.24, 2.45) is 52.3 Å². The Hall–Kier alpha value is -2.36. The number of Topliss-reactive ketones (excluding diaryl/α,β-unsaturated/α-hetero) is 1. The highest BCUT2D eigenvalue weighted by molar-refractivity contribution is 6.09. The molecule has 0 aliphatic heterocycles. The summed E-state index contributed by atoms with van der Waals surface area (Å²) >= 11 is 0. The second-order valence-corrected chi connectivity index (χ2v) is 18.5. The highest BCUT2D eigenvalue weighted by Gasteiger charge is 2.69. The molecule has 10 saturated carbocycles. The molecular weight excluding hydrogens is 556 g/mol. The number of carbonyl (C=O) groups is 2. The zero-order chi connectivity index (χ0) is 30.5. The van der Waals surface area contributed by atoms with E-state index < -0.39 is 5.41 Å². The highest BCUT2D eigenvalue weighted by Crippen LogP contribution is 2.67. The summed E-state index contributed by atoms with van der Waals surface area (Å²) in [5.41, 5.74) is 2.06. The van der Waals surface area contributed by atoms with Gasteiger partial charge < -0.3 is 9.47 Å². The van der Waals surface area contributed by atoms with E-state index in [1.807, 2.05) is 0 Å². The standard InChI is InChI=1S/C41H50O4/c1-38(2)29-8-9-41(38,34(42)16-29)37(43)45-33-7-5-31(40-20-26-13-27(21-40)15-28(14-26)22-40)35-30(4-6-32(44-3)36(33)35)39-17-23-10-24(18-39)12-25(11-23)19-39/h4-7,23-29H,8-22H2,1-3H3. The lowest BCUT2D eigenvalue weighted by Gasteiger charge is -2.59. The lowest BCUT2D eigenvalue weighted by Crippen LogP contribution is -2.50. The van der Waals surface area contributed by atoms with Gasteiger partial charge in [0.1, 0.15) is 16.9 Å². The second kappa shape index (κ2) is 8.95. The molecule has 4 heteroatoms. The zero-order valence-corrected chi connectivity index (χ0v) is 27.6. The van der Waals surface area contributed by atoms with Gasteiger partial charge in [0.05, 0.1) is 12.5 Å². The smallest absolute Gasteiger partial charge is 0.325 e. The lowest BCUT2D eigenvalue weighted by atomic mass is 9.46. The number of esters is 1. The summed E-state index contributed by atoms with van der Waals surface area (Å²) in [4.78, 5) is 27.9. The number of benzene rings is 2. The SMILES string of the molecule is COc1ccc(C23CC4CC(CC(C4)C2)C3)c2c(C34CC5CC(CC(C5)C3)C4)ccc(OC(=O)C34CCC(CC3=O)C4(C)C)c12. The van der Waals surface area contributed by atoms with Crippen LogP contribution in [0.4, 0.5) is 0 Å². The maximum atomic E-state index is 14.4. The molecule has 45 heavy (non-hydrogen) atoms. The number of carbonyl (C=O) groups excluding carboxylic acids is 2. The van der Waals surface area contributed by atoms with E-state index in [2.05, 4.69) is 38.1 Å². The quantitative estimate of drug-likeness (QED) is 0.194. The van der Waals surface area contributed by atoms with E-state index in [0.717, 1.165) is 53.1 Å². The van der Waals surface area contributed by atoms with Gasteiger partial charge in [-0.25, -0.2) is 0 Å². The Kier molecular flexibility index (Phi) is 5.52. The van der Waals surface area contributed by atoms with Crippen LogP contribution < -0.4 is 9.47 Å². The minimum Gasteiger partial charge on any atom is -0.496 e. The summed E-state index contributed by atoms with van der Waals surface area (Å²) in [6, 6.07) is 9.12. The van der Waals surface area contributed by atoms with Crippen LogP contribution >= 0.6 is 0 Å². The number of ketones is 1. The number of rotatable bonds is 5. The van der Waals surface area contributed by atoms with E-state index >= 15 is 0 Å². The van der Waals surface area contributed by atoms with Crippen LogP contribution in [-0.4, -0.2) is 18.9 Å². The normalized spacial score (nSPS) is 44.7. The van der Waals surface area contributed by atoms with Crippen molar-refractivity contribution in [3.8, 4) is 11.5 Å². The van der Waals surface area contributed by atoms with Crippen LogP contribution in [-0.2, 0) is 20.4 Å². The van der Waals surface area contributed by atoms with Crippen molar-refractivity contribution < 1.29 is 19.1 Å². The van der Waals surface area contributed by atoms with Crippen LogP contribution in [0.15, 0.2) is 24.3 Å². The first kappa shape index (κ1) is 27.7. The Morgan fingerprint density at radius 1 is 0.689 bits per heavy atom. The van der Waals surface area contributed by atoms with Gasteiger partial charge in [-0.15, -0.1) is 0 Å². The van der Waals surface area contributed by atoms with Gasteiger partial charge in [0.15, 0.2) is 5.78 Å². The van der Waals surface area contributed by atoms with E-state index in [1.54, 1.807) is 7.11 Å². The average Bonchev–Trinajstić information content (AvgIpc) is 3.36. The Labute approximate surface area is 268 Å². The molecule has 10 aliphatic rings. The summed E-state index contributed by atoms with van der Waals surface area (Å²) < 4.78 is 12.8. The van der Waals surface area contributed by atoms with Gasteiger partial charge in [0.2, 0.25) is 0 Å². The molecule has 0 aromatic heterocycles. The molecule has 4 nitrogen and oxygen atoms in total. The lowest BCUT2D eigenvalue weighted by molar-refractivity contribution is -0.156. The van der Waals surface area contributed by atoms with Gasteiger partial charge in [0, 0.05) is 6.42 Å². The minimum absolute atomic E-state index is 0.0875. The Morgan fingerprint density at radius 3 is 1.56 bits per heavy atom. The molecule has 238 valence electrons. The minimum atomic E-state index is -1.03. The fraction of sp³-hybridized carbons (Fsp3) is 0.707. The van der Waals surface area contributed by atoms with Crippen molar-refractivity contribution in [2.45, 2.75) is 121 Å². The first-order valence-corrected chi connectivity index (χ1v) is 18.5. The predicted octanol–water partition coefficient (Wildman–Crippen LogP) is 9.08. The number of fused-ring (bicyclic) bond motifs is 3. The van der Waals surface area contributed by atoms with E-state index in [0.29, 0.717) is 18.6 Å². The third-order valence-electron chi connectivity index (χ3n) is 16.0. The van der Waals surface area contributed by atoms with Gasteiger partial charge in [0.25, 0.3) is 0 Å². The average molecular weight is 607 g/mol. The van der Waals surface area contributed by atoms with Crippen LogP contribution in [0.3, 0.4) is 0 Å². The summed E-state index contributed by atoms with van der Waals surface area (Å²) in [5, 5.41) is 2.36. The van der Waals surface area contributed by atoms with E-state index in [9.17, 15) is 9.59 Å². The van der Waals surface area contributed by atoms with E-state index in [1.165, 1.54) is 93.6 Å². The summed E-state index contributed by atoms with van der Waals surface area (Å²) in [6.07, 6.45) is 18.4. The van der Waals surface area contributed by atoms with Crippen LogP contribution in [0.2, 0.25) is 0 Å². The van der Waals surface area contributed by atoms with Gasteiger partial charge in [-0.1, -0.05) is 26.0 Å². The topological polar surface area (TPSA) is 52.6 Å². The fourth-order valence-electron chi connectivity index (χ4n) is 14.8. The van der Waals surface area contributed by atoms with Crippen molar-refractivity contribution in [3.05, 3.63) is 35.4 Å². The van der Waals surface area contributed by atoms with Crippen molar-refractivity contribution in [3.63, 3.8) is 0 Å². The van der Waals surface area contributed by atoms with Crippen molar-refractivity contribution >= 4 is 22.5 Å². The third-order valence-corrected chi connectivity index (χ3v) is 16.0. The molecule has 0 radical (unpaired) electrons. The molecule has 0 heterocycles. The first-order chi connectivity index (χ1) is 21.6. The maximum Gasteiger partial charge on any atom is 0.325 e. The fourth-order valence-corrected chi connectivity index (χ4v) is 14.8. The summed E-state index contributed by atoms with van der Waals surface area (Å²) in [6.45, 7) is 4.24. The molecule has 0 amide bonds. The first-order valence-electron chi connectivity index (χ1n) is 18.5. The summed E-state index contributed by atoms with van der Waals surface area (Å²) in [5.74, 6) is 6.55. The number of hydrogen-bond donors (Lipinski definition) is 0. The van der Waals surface area contributed by atoms with Gasteiger partial charge >= 0.3 is 5.97 Å². The van der Waals surface area contributed by atoms with E-state index in [4.69, 9.17) is 9.47 Å². The monoisotopic (exact) mass is 606 g/mol. The van der Waals surface area contributed by atoms with Crippen molar-refractivity contribution in [1.29, 1.82) is 0 Å². The van der Waals surface area contributed by atoms with Crippen LogP contribution in [0.5, 0.6) is 11.5 Å². The van der Waals surface area contributed by atoms with Crippen LogP contribution in [0.25, 0.3) is 10.8 Å². The van der Waals surface area contributed by atoms with Crippen molar-refractivity contribution in [1.82, 2.24) is 0 Å². The van der Waals surface area contributed by atoms with Crippen LogP contribution in [0, 0.1) is 52.3 Å². The molecule has 0 spiro atoms. The number of hydrogen-bond acceptors (Lipinski definition) is 4. The Balaban J connectivity index is 1.18. The Morgan fingerprint density at radius 2 is 1.16 bits per heavy atom. The molecule has 0 N–H and O–H groups in total. The molecule has 12 rings (SSSR count). The molecule has 10 bridgehead atoms. The van der Waals surface area contributed by atoms with E-state index in [-0.39, 0.29) is 33.9 Å². The predicted molar refractivity (Wildman–Crippen MR) is 174 cm³/mol. The highest BCUT2D eigenvalue weighted by atomic mass is 16.5. The molecule has 10 aliphatic carbocycles. The molecule has 0 saturated heterocycles. The Bertz CT molecular complexity index is 1530. The van der Waals surface area contributed by atoms with Crippen molar-refractivity contribution in [2.75, 3.05) is 7.11 Å². The zero-order valence-electron chi connectivity index (χ0n) is 27.6. The maximum absolute atomic E-state index is 14.4. The third kappa shape index (κ3) is 3.50. The van der Waals surface area contributed by atoms with Gasteiger partial charge in [-0.3, -0.25) is 9.59 Å². The molecule has 2 aromatic carbocycles. The molecule has 2 aromatic rings. The van der Waals surface area contributed by atoms with Crippen LogP contribution in [0.1, 0.15) is 121 Å². The second-order valence-electron chi connectivity index (χ2n) is 18.5. The largest absolute Gasteiger partial charge is 0.496 e. The number of methoxy groups -OCH3 is 1. The summed E-state index contributed by atoms with van der Waals surface area (Å²) in [7, 11) is 1.77. The van der Waals surface area contributed by atoms with Gasteiger partial charge in [-0.05, 0) is 176 Å². The molecular formula is C41H50O4. The van der Waals surface area contributed by atoms with Gasteiger partial charge in [-0.2, -0.15) is 0 Å². The molecule has 2 unspecified atom stereocenters.